The van der Waals surface area contributed by atoms with Crippen molar-refractivity contribution in [2.75, 3.05) is 31.1 Å². The molecule has 9 nitrogen and oxygen atoms in total. The average Bonchev–Trinajstić information content (AvgIpc) is 3.45. The molecule has 1 aromatic carbocycles. The van der Waals surface area contributed by atoms with Crippen LogP contribution in [0.3, 0.4) is 0 Å². The monoisotopic (exact) mass is 427 g/mol. The van der Waals surface area contributed by atoms with E-state index in [1.807, 2.05) is 35.2 Å². The zero-order valence-corrected chi connectivity index (χ0v) is 16.9. The summed E-state index contributed by atoms with van der Waals surface area (Å²) >= 11 is 1.02. The highest BCUT2D eigenvalue weighted by atomic mass is 32.2. The largest absolute Gasteiger partial charge is 0.354 e. The molecule has 4 aromatic rings. The molecular weight excluding hydrogens is 410 g/mol. The van der Waals surface area contributed by atoms with E-state index in [0.717, 1.165) is 23.4 Å². The lowest BCUT2D eigenvalue weighted by Crippen LogP contribution is -2.49. The van der Waals surface area contributed by atoms with Crippen molar-refractivity contribution >= 4 is 38.6 Å². The van der Waals surface area contributed by atoms with Gasteiger partial charge in [0.15, 0.2) is 0 Å². The van der Waals surface area contributed by atoms with E-state index in [2.05, 4.69) is 23.6 Å². The lowest BCUT2D eigenvalue weighted by Gasteiger charge is -2.34. The molecule has 1 aliphatic rings. The quantitative estimate of drug-likeness (QED) is 0.490. The normalized spacial score (nSPS) is 15.8. The van der Waals surface area contributed by atoms with Crippen molar-refractivity contribution in [1.82, 2.24) is 27.6 Å². The Hall–Kier alpha value is -2.89. The third-order valence-corrected chi connectivity index (χ3v) is 7.41. The molecule has 0 aliphatic carbocycles. The highest BCUT2D eigenvalue weighted by Crippen LogP contribution is 2.26. The van der Waals surface area contributed by atoms with Gasteiger partial charge in [0.2, 0.25) is 10.0 Å². The maximum atomic E-state index is 13.2. The average molecular weight is 428 g/mol. The van der Waals surface area contributed by atoms with Crippen LogP contribution in [0.25, 0.3) is 16.9 Å². The van der Waals surface area contributed by atoms with Gasteiger partial charge in [0, 0.05) is 44.6 Å². The Kier molecular flexibility index (Phi) is 4.49. The Morgan fingerprint density at radius 1 is 0.897 bits per heavy atom. The van der Waals surface area contributed by atoms with E-state index in [0.29, 0.717) is 37.2 Å². The minimum Gasteiger partial charge on any atom is -0.354 e. The molecule has 1 aliphatic heterocycles. The fourth-order valence-corrected chi connectivity index (χ4v) is 5.60. The van der Waals surface area contributed by atoms with Gasteiger partial charge in [-0.15, -0.1) is 0 Å². The van der Waals surface area contributed by atoms with E-state index in [1.54, 1.807) is 18.2 Å². The molecule has 1 saturated heterocycles. The van der Waals surface area contributed by atoms with Crippen LogP contribution in [0.2, 0.25) is 0 Å². The van der Waals surface area contributed by atoms with Crippen molar-refractivity contribution in [3.8, 4) is 5.82 Å². The van der Waals surface area contributed by atoms with Gasteiger partial charge in [-0.1, -0.05) is 6.07 Å². The smallest absolute Gasteiger partial charge is 0.245 e. The molecule has 0 radical (unpaired) electrons. The Bertz CT molecular complexity index is 1250. The number of sulfonamides is 1. The molecule has 0 bridgehead atoms. The van der Waals surface area contributed by atoms with E-state index in [-0.39, 0.29) is 4.90 Å². The molecule has 4 heterocycles. The SMILES string of the molecule is O=S(=O)(c1cccc2nsnc12)N1CCN(c2cc(-n3cccc3)ncn2)CC1. The van der Waals surface area contributed by atoms with Gasteiger partial charge in [0.25, 0.3) is 0 Å². The summed E-state index contributed by atoms with van der Waals surface area (Å²) in [7, 11) is -3.63. The van der Waals surface area contributed by atoms with Crippen molar-refractivity contribution in [1.29, 1.82) is 0 Å². The molecule has 5 rings (SSSR count). The summed E-state index contributed by atoms with van der Waals surface area (Å²) in [5, 5.41) is 0. The van der Waals surface area contributed by atoms with E-state index in [4.69, 9.17) is 0 Å². The molecule has 29 heavy (non-hydrogen) atoms. The third kappa shape index (κ3) is 3.26. The number of rotatable bonds is 4. The fraction of sp³-hybridized carbons (Fsp3) is 0.222. The van der Waals surface area contributed by atoms with Crippen molar-refractivity contribution in [3.05, 3.63) is 55.1 Å². The predicted octanol–water partition coefficient (Wildman–Crippen LogP) is 1.78. The van der Waals surface area contributed by atoms with Gasteiger partial charge in [-0.2, -0.15) is 13.1 Å². The number of anilines is 1. The van der Waals surface area contributed by atoms with Gasteiger partial charge in [0.05, 0.1) is 11.7 Å². The first-order valence-electron chi connectivity index (χ1n) is 9.05. The number of fused-ring (bicyclic) bond motifs is 1. The van der Waals surface area contributed by atoms with Crippen LogP contribution >= 0.6 is 11.7 Å². The van der Waals surface area contributed by atoms with E-state index < -0.39 is 10.0 Å². The summed E-state index contributed by atoms with van der Waals surface area (Å²) in [4.78, 5) is 11.0. The van der Waals surface area contributed by atoms with Crippen LogP contribution < -0.4 is 4.90 Å². The lowest BCUT2D eigenvalue weighted by atomic mass is 10.3. The maximum Gasteiger partial charge on any atom is 0.245 e. The molecule has 0 atom stereocenters. The molecule has 1 fully saturated rings. The van der Waals surface area contributed by atoms with Crippen LogP contribution in [-0.2, 0) is 10.0 Å². The third-order valence-electron chi connectivity index (χ3n) is 4.94. The van der Waals surface area contributed by atoms with Crippen LogP contribution in [0, 0.1) is 0 Å². The maximum absolute atomic E-state index is 13.2. The second-order valence-electron chi connectivity index (χ2n) is 6.60. The Balaban J connectivity index is 1.35. The lowest BCUT2D eigenvalue weighted by molar-refractivity contribution is 0.384. The molecule has 3 aromatic heterocycles. The van der Waals surface area contributed by atoms with Crippen molar-refractivity contribution in [2.45, 2.75) is 4.90 Å². The number of piperazine rings is 1. The van der Waals surface area contributed by atoms with E-state index in [9.17, 15) is 8.42 Å². The van der Waals surface area contributed by atoms with Gasteiger partial charge in [0.1, 0.15) is 33.9 Å². The summed E-state index contributed by atoms with van der Waals surface area (Å²) in [6.45, 7) is 1.84. The zero-order valence-electron chi connectivity index (χ0n) is 15.3. The van der Waals surface area contributed by atoms with Gasteiger partial charge in [-0.25, -0.2) is 18.4 Å². The second kappa shape index (κ2) is 7.17. The van der Waals surface area contributed by atoms with Gasteiger partial charge >= 0.3 is 0 Å². The summed E-state index contributed by atoms with van der Waals surface area (Å²) in [5.74, 6) is 1.56. The van der Waals surface area contributed by atoms with Crippen LogP contribution in [0.5, 0.6) is 0 Å². The van der Waals surface area contributed by atoms with Gasteiger partial charge in [-0.3, -0.25) is 0 Å². The molecule has 0 spiro atoms. The molecule has 11 heteroatoms. The second-order valence-corrected chi connectivity index (χ2v) is 9.04. The molecular formula is C18H17N7O2S2. The predicted molar refractivity (Wildman–Crippen MR) is 110 cm³/mol. The van der Waals surface area contributed by atoms with Crippen LogP contribution in [0.1, 0.15) is 0 Å². The highest BCUT2D eigenvalue weighted by molar-refractivity contribution is 7.89. The Morgan fingerprint density at radius 3 is 2.45 bits per heavy atom. The van der Waals surface area contributed by atoms with Crippen LogP contribution in [0.15, 0.2) is 60.0 Å². The fourth-order valence-electron chi connectivity index (χ4n) is 3.42. The van der Waals surface area contributed by atoms with E-state index >= 15 is 0 Å². The van der Waals surface area contributed by atoms with Crippen molar-refractivity contribution in [3.63, 3.8) is 0 Å². The van der Waals surface area contributed by atoms with Crippen LogP contribution in [0.4, 0.5) is 5.82 Å². The minimum atomic E-state index is -3.63. The minimum absolute atomic E-state index is 0.217. The topological polar surface area (TPSA) is 97.1 Å². The van der Waals surface area contributed by atoms with Crippen molar-refractivity contribution in [2.24, 2.45) is 0 Å². The number of benzene rings is 1. The van der Waals surface area contributed by atoms with Crippen LogP contribution in [-0.4, -0.2) is 62.2 Å². The highest BCUT2D eigenvalue weighted by Gasteiger charge is 2.31. The number of aromatic nitrogens is 5. The number of nitrogens with zero attached hydrogens (tertiary/aromatic N) is 7. The summed E-state index contributed by atoms with van der Waals surface area (Å²) in [5.41, 5.74) is 1.04. The molecule has 0 saturated carbocycles. The van der Waals surface area contributed by atoms with E-state index in [1.165, 1.54) is 10.6 Å². The first kappa shape index (κ1) is 18.2. The summed E-state index contributed by atoms with van der Waals surface area (Å²) < 4.78 is 38.1. The molecule has 148 valence electrons. The molecule has 0 amide bonds. The molecule has 0 N–H and O–H groups in total. The Labute approximate surface area is 171 Å². The number of hydrogen-bond acceptors (Lipinski definition) is 8. The zero-order chi connectivity index (χ0) is 19.8. The Morgan fingerprint density at radius 2 is 1.66 bits per heavy atom. The first-order chi connectivity index (χ1) is 14.1. The summed E-state index contributed by atoms with van der Waals surface area (Å²) in [6.07, 6.45) is 5.37. The number of hydrogen-bond donors (Lipinski definition) is 0. The molecule has 0 unspecified atom stereocenters. The summed E-state index contributed by atoms with van der Waals surface area (Å²) in [6, 6.07) is 10.8. The first-order valence-corrected chi connectivity index (χ1v) is 11.2. The standard InChI is InChI=1S/C18H17N7O2S2/c26-29(27,15-5-3-4-14-18(15)22-28-21-14)25-10-8-24(9-11-25)17-12-16(19-13-20-17)23-6-1-2-7-23/h1-7,12-13H,8-11H2. The van der Waals surface area contributed by atoms with Gasteiger partial charge < -0.3 is 9.47 Å². The van der Waals surface area contributed by atoms with Crippen molar-refractivity contribution < 1.29 is 8.42 Å². The van der Waals surface area contributed by atoms with Gasteiger partial charge in [-0.05, 0) is 24.3 Å².